The smallest absolute Gasteiger partial charge is 0.413 e. The molecule has 0 aliphatic carbocycles. The van der Waals surface area contributed by atoms with E-state index in [4.69, 9.17) is 5.11 Å². The molecule has 0 heterocycles. The van der Waals surface area contributed by atoms with Crippen molar-refractivity contribution < 1.29 is 24.2 Å². The third kappa shape index (κ3) is 5.07. The number of imide groups is 1. The number of carbonyl (C=O) groups is 3. The lowest BCUT2D eigenvalue weighted by Gasteiger charge is -2.21. The number of benzene rings is 1. The molecule has 7 heteroatoms. The molecular weight excluding hydrogens is 252 g/mol. The van der Waals surface area contributed by atoms with Crippen LogP contribution in [0.5, 0.6) is 0 Å². The van der Waals surface area contributed by atoms with E-state index < -0.39 is 18.0 Å². The monoisotopic (exact) mass is 266 g/mol. The summed E-state index contributed by atoms with van der Waals surface area (Å²) in [5, 5.41) is 10.8. The molecule has 0 unspecified atom stereocenters. The van der Waals surface area contributed by atoms with Gasteiger partial charge in [0.05, 0.1) is 13.7 Å². The molecule has 0 aliphatic rings. The Bertz CT molecular complexity index is 460. The van der Waals surface area contributed by atoms with Gasteiger partial charge >= 0.3 is 12.1 Å². The van der Waals surface area contributed by atoms with E-state index in [1.54, 1.807) is 30.3 Å². The first kappa shape index (κ1) is 14.5. The number of hydrogen-bond donors (Lipinski definition) is 2. The van der Waals surface area contributed by atoms with Gasteiger partial charge in [-0.15, -0.1) is 0 Å². The van der Waals surface area contributed by atoms with Crippen molar-refractivity contribution in [1.29, 1.82) is 0 Å². The Morgan fingerprint density at radius 1 is 1.21 bits per heavy atom. The first-order chi connectivity index (χ1) is 9.02. The minimum Gasteiger partial charge on any atom is -0.480 e. The van der Waals surface area contributed by atoms with Crippen LogP contribution in [0, 0.1) is 0 Å². The van der Waals surface area contributed by atoms with E-state index in [2.05, 4.69) is 4.74 Å². The zero-order valence-corrected chi connectivity index (χ0v) is 10.3. The molecule has 0 atom stereocenters. The van der Waals surface area contributed by atoms with Gasteiger partial charge in [-0.25, -0.2) is 4.79 Å². The third-order valence-electron chi connectivity index (χ3n) is 2.21. The lowest BCUT2D eigenvalue weighted by molar-refractivity contribution is -0.135. The molecule has 0 aromatic heterocycles. The van der Waals surface area contributed by atoms with Crippen LogP contribution in [0.4, 0.5) is 10.5 Å². The van der Waals surface area contributed by atoms with Crippen LogP contribution in [0.15, 0.2) is 30.3 Å². The van der Waals surface area contributed by atoms with Gasteiger partial charge < -0.3 is 14.7 Å². The second kappa shape index (κ2) is 7.00. The highest BCUT2D eigenvalue weighted by molar-refractivity contribution is 5.94. The molecule has 0 saturated carbocycles. The number of methoxy groups -OCH3 is 1. The highest BCUT2D eigenvalue weighted by atomic mass is 16.5. The standard InChI is InChI=1S/C12H14N2O5/c1-19-12(18)13-10(15)7-14(8-11(16)17)9-5-3-2-4-6-9/h2-6H,7-8H2,1H3,(H,16,17)(H,13,15,18). The number of rotatable bonds is 5. The number of amides is 2. The van der Waals surface area contributed by atoms with Crippen molar-refractivity contribution >= 4 is 23.7 Å². The van der Waals surface area contributed by atoms with Gasteiger partial charge in [-0.3, -0.25) is 14.9 Å². The molecule has 1 aromatic rings. The van der Waals surface area contributed by atoms with Crippen molar-refractivity contribution in [2.75, 3.05) is 25.1 Å². The number of carbonyl (C=O) groups excluding carboxylic acids is 2. The Kier molecular flexibility index (Phi) is 5.34. The van der Waals surface area contributed by atoms with Crippen LogP contribution in [0.25, 0.3) is 0 Å². The fourth-order valence-electron chi connectivity index (χ4n) is 1.42. The van der Waals surface area contributed by atoms with Crippen molar-refractivity contribution in [3.8, 4) is 0 Å². The summed E-state index contributed by atoms with van der Waals surface area (Å²) >= 11 is 0. The minimum atomic E-state index is -1.07. The summed E-state index contributed by atoms with van der Waals surface area (Å²) in [6.07, 6.45) is -0.881. The molecule has 19 heavy (non-hydrogen) atoms. The van der Waals surface area contributed by atoms with Crippen molar-refractivity contribution in [2.24, 2.45) is 0 Å². The number of aliphatic carboxylic acids is 1. The van der Waals surface area contributed by atoms with Crippen LogP contribution in [0.1, 0.15) is 0 Å². The quantitative estimate of drug-likeness (QED) is 0.803. The molecule has 0 saturated heterocycles. The van der Waals surface area contributed by atoms with E-state index in [0.29, 0.717) is 5.69 Å². The van der Waals surface area contributed by atoms with Crippen LogP contribution < -0.4 is 10.2 Å². The fourth-order valence-corrected chi connectivity index (χ4v) is 1.42. The first-order valence-corrected chi connectivity index (χ1v) is 5.42. The Morgan fingerprint density at radius 3 is 2.37 bits per heavy atom. The Labute approximate surface area is 109 Å². The van der Waals surface area contributed by atoms with E-state index in [1.807, 2.05) is 5.32 Å². The van der Waals surface area contributed by atoms with Crippen molar-refractivity contribution in [1.82, 2.24) is 5.32 Å². The van der Waals surface area contributed by atoms with Crippen LogP contribution in [-0.2, 0) is 14.3 Å². The maximum Gasteiger partial charge on any atom is 0.413 e. The van der Waals surface area contributed by atoms with E-state index in [1.165, 1.54) is 4.90 Å². The van der Waals surface area contributed by atoms with Gasteiger partial charge in [-0.05, 0) is 12.1 Å². The largest absolute Gasteiger partial charge is 0.480 e. The topological polar surface area (TPSA) is 95.9 Å². The lowest BCUT2D eigenvalue weighted by Crippen LogP contribution is -2.42. The second-order valence-corrected chi connectivity index (χ2v) is 3.63. The second-order valence-electron chi connectivity index (χ2n) is 3.63. The van der Waals surface area contributed by atoms with Gasteiger partial charge in [0.15, 0.2) is 0 Å². The van der Waals surface area contributed by atoms with Crippen LogP contribution in [0.2, 0.25) is 0 Å². The van der Waals surface area contributed by atoms with Crippen molar-refractivity contribution in [2.45, 2.75) is 0 Å². The SMILES string of the molecule is COC(=O)NC(=O)CN(CC(=O)O)c1ccccc1. The molecule has 0 spiro atoms. The van der Waals surface area contributed by atoms with Gasteiger partial charge in [-0.2, -0.15) is 0 Å². The first-order valence-electron chi connectivity index (χ1n) is 5.42. The molecular formula is C12H14N2O5. The normalized spacial score (nSPS) is 9.53. The summed E-state index contributed by atoms with van der Waals surface area (Å²) in [7, 11) is 1.13. The third-order valence-corrected chi connectivity index (χ3v) is 2.21. The molecule has 0 fully saturated rings. The number of anilines is 1. The predicted octanol–water partition coefficient (Wildman–Crippen LogP) is 0.460. The number of nitrogens with one attached hydrogen (secondary N) is 1. The van der Waals surface area contributed by atoms with Gasteiger partial charge in [0.1, 0.15) is 6.54 Å². The molecule has 0 bridgehead atoms. The number of para-hydroxylation sites is 1. The van der Waals surface area contributed by atoms with E-state index in [9.17, 15) is 14.4 Å². The number of carboxylic acid groups (broad SMARTS) is 1. The highest BCUT2D eigenvalue weighted by Crippen LogP contribution is 2.12. The fraction of sp³-hybridized carbons (Fsp3) is 0.250. The summed E-state index contributed by atoms with van der Waals surface area (Å²) in [5.41, 5.74) is 0.574. The molecule has 1 rings (SSSR count). The Hall–Kier alpha value is -2.57. The molecule has 1 aromatic carbocycles. The van der Waals surface area contributed by atoms with Gasteiger partial charge in [0.25, 0.3) is 0 Å². The molecule has 0 aliphatic heterocycles. The molecule has 2 amide bonds. The van der Waals surface area contributed by atoms with E-state index in [0.717, 1.165) is 7.11 Å². The lowest BCUT2D eigenvalue weighted by atomic mass is 10.3. The molecule has 2 N–H and O–H groups in total. The summed E-state index contributed by atoms with van der Waals surface area (Å²) in [5.74, 6) is -1.72. The van der Waals surface area contributed by atoms with Gasteiger partial charge in [0, 0.05) is 5.69 Å². The number of nitrogens with zero attached hydrogens (tertiary/aromatic N) is 1. The number of hydrogen-bond acceptors (Lipinski definition) is 5. The van der Waals surface area contributed by atoms with E-state index >= 15 is 0 Å². The summed E-state index contributed by atoms with van der Waals surface area (Å²) in [6, 6.07) is 8.57. The summed E-state index contributed by atoms with van der Waals surface area (Å²) in [6.45, 7) is -0.607. The molecule has 7 nitrogen and oxygen atoms in total. The zero-order chi connectivity index (χ0) is 14.3. The van der Waals surface area contributed by atoms with Gasteiger partial charge in [-0.1, -0.05) is 18.2 Å². The maximum atomic E-state index is 11.5. The average Bonchev–Trinajstić information content (AvgIpc) is 2.38. The minimum absolute atomic E-state index is 0.259. The predicted molar refractivity (Wildman–Crippen MR) is 66.8 cm³/mol. The average molecular weight is 266 g/mol. The van der Waals surface area contributed by atoms with E-state index in [-0.39, 0.29) is 13.1 Å². The highest BCUT2D eigenvalue weighted by Gasteiger charge is 2.16. The van der Waals surface area contributed by atoms with Crippen molar-refractivity contribution in [3.05, 3.63) is 30.3 Å². The van der Waals surface area contributed by atoms with Gasteiger partial charge in [0.2, 0.25) is 5.91 Å². The summed E-state index contributed by atoms with van der Waals surface area (Å²) < 4.78 is 4.28. The number of alkyl carbamates (subject to hydrolysis) is 1. The Balaban J connectivity index is 2.73. The molecule has 0 radical (unpaired) electrons. The number of carboxylic acids is 1. The van der Waals surface area contributed by atoms with Crippen LogP contribution in [-0.4, -0.2) is 43.3 Å². The summed E-state index contributed by atoms with van der Waals surface area (Å²) in [4.78, 5) is 34.5. The van der Waals surface area contributed by atoms with Crippen molar-refractivity contribution in [3.63, 3.8) is 0 Å². The Morgan fingerprint density at radius 2 is 1.84 bits per heavy atom. The van der Waals surface area contributed by atoms with Crippen LogP contribution >= 0.6 is 0 Å². The zero-order valence-electron chi connectivity index (χ0n) is 10.3. The molecule has 102 valence electrons. The van der Waals surface area contributed by atoms with Crippen LogP contribution in [0.3, 0.4) is 0 Å². The number of ether oxygens (including phenoxy) is 1. The maximum absolute atomic E-state index is 11.5.